The molecule has 2 fully saturated rings. The lowest BCUT2D eigenvalue weighted by atomic mass is 10.0. The molecule has 2 saturated heterocycles. The Morgan fingerprint density at radius 1 is 1.00 bits per heavy atom. The Morgan fingerprint density at radius 2 is 1.70 bits per heavy atom. The van der Waals surface area contributed by atoms with Crippen LogP contribution in [-0.4, -0.2) is 55.0 Å². The number of methoxy groups -OCH3 is 1. The van der Waals surface area contributed by atoms with Gasteiger partial charge >= 0.3 is 0 Å². The van der Waals surface area contributed by atoms with Gasteiger partial charge in [0.05, 0.1) is 7.11 Å². The standard InChI is InChI=1S/C24H29ClN2O3/c1-29-23-16-19(6-9-22(23)30-17-18-4-7-20(25)8-5-18)24(28)27-14-10-21(11-15-27)26-12-2-3-13-26/h4-9,16,21H,2-3,10-15,17H2,1H3. The van der Waals surface area contributed by atoms with E-state index in [1.54, 1.807) is 13.2 Å². The van der Waals surface area contributed by atoms with E-state index in [1.165, 1.54) is 25.9 Å². The average Bonchev–Trinajstić information content (AvgIpc) is 3.33. The maximum Gasteiger partial charge on any atom is 0.253 e. The molecule has 30 heavy (non-hydrogen) atoms. The fourth-order valence-electron chi connectivity index (χ4n) is 4.38. The van der Waals surface area contributed by atoms with Crippen LogP contribution in [0.25, 0.3) is 0 Å². The monoisotopic (exact) mass is 428 g/mol. The van der Waals surface area contributed by atoms with Gasteiger partial charge in [-0.3, -0.25) is 4.79 Å². The summed E-state index contributed by atoms with van der Waals surface area (Å²) in [6.45, 7) is 4.47. The molecule has 0 aliphatic carbocycles. The van der Waals surface area contributed by atoms with Crippen molar-refractivity contribution in [2.75, 3.05) is 33.3 Å². The number of rotatable bonds is 6. The maximum absolute atomic E-state index is 13.0. The zero-order valence-corrected chi connectivity index (χ0v) is 18.2. The van der Waals surface area contributed by atoms with Gasteiger partial charge in [0.25, 0.3) is 5.91 Å². The SMILES string of the molecule is COc1cc(C(=O)N2CCC(N3CCCC3)CC2)ccc1OCc1ccc(Cl)cc1. The van der Waals surface area contributed by atoms with Crippen LogP contribution >= 0.6 is 11.6 Å². The van der Waals surface area contributed by atoms with E-state index in [-0.39, 0.29) is 5.91 Å². The fraction of sp³-hybridized carbons (Fsp3) is 0.458. The third-order valence-electron chi connectivity index (χ3n) is 6.13. The van der Waals surface area contributed by atoms with Gasteiger partial charge in [-0.1, -0.05) is 23.7 Å². The molecule has 6 heteroatoms. The van der Waals surface area contributed by atoms with Gasteiger partial charge in [0.1, 0.15) is 6.61 Å². The molecule has 0 radical (unpaired) electrons. The van der Waals surface area contributed by atoms with Crippen LogP contribution in [-0.2, 0) is 6.61 Å². The van der Waals surface area contributed by atoms with Gasteiger partial charge < -0.3 is 19.3 Å². The van der Waals surface area contributed by atoms with E-state index < -0.39 is 0 Å². The number of piperidine rings is 1. The van der Waals surface area contributed by atoms with Gasteiger partial charge in [-0.05, 0) is 74.7 Å². The van der Waals surface area contributed by atoms with Crippen molar-refractivity contribution in [3.63, 3.8) is 0 Å². The lowest BCUT2D eigenvalue weighted by Crippen LogP contribution is -2.45. The summed E-state index contributed by atoms with van der Waals surface area (Å²) in [5.74, 6) is 1.26. The van der Waals surface area contributed by atoms with Crippen LogP contribution in [0.2, 0.25) is 5.02 Å². The molecule has 0 atom stereocenters. The summed E-state index contributed by atoms with van der Waals surface area (Å²) in [6.07, 6.45) is 4.74. The van der Waals surface area contributed by atoms with E-state index in [1.807, 2.05) is 41.3 Å². The summed E-state index contributed by atoms with van der Waals surface area (Å²) < 4.78 is 11.4. The van der Waals surface area contributed by atoms with E-state index in [0.29, 0.717) is 34.7 Å². The molecule has 4 rings (SSSR count). The molecule has 2 heterocycles. The highest BCUT2D eigenvalue weighted by Gasteiger charge is 2.29. The zero-order chi connectivity index (χ0) is 20.9. The van der Waals surface area contributed by atoms with Crippen molar-refractivity contribution >= 4 is 17.5 Å². The van der Waals surface area contributed by atoms with Crippen molar-refractivity contribution < 1.29 is 14.3 Å². The summed E-state index contributed by atoms with van der Waals surface area (Å²) in [5, 5.41) is 0.698. The van der Waals surface area contributed by atoms with Gasteiger partial charge in [-0.25, -0.2) is 0 Å². The van der Waals surface area contributed by atoms with Crippen LogP contribution in [0.3, 0.4) is 0 Å². The smallest absolute Gasteiger partial charge is 0.253 e. The molecule has 0 N–H and O–H groups in total. The second-order valence-electron chi connectivity index (χ2n) is 8.05. The van der Waals surface area contributed by atoms with Crippen molar-refractivity contribution in [2.24, 2.45) is 0 Å². The molecule has 5 nitrogen and oxygen atoms in total. The number of halogens is 1. The normalized spacial score (nSPS) is 17.9. The predicted octanol–water partition coefficient (Wildman–Crippen LogP) is 4.63. The lowest BCUT2D eigenvalue weighted by molar-refractivity contribution is 0.0644. The molecule has 2 aliphatic rings. The first-order chi connectivity index (χ1) is 14.6. The number of nitrogens with zero attached hydrogens (tertiary/aromatic N) is 2. The number of likely N-dealkylation sites (tertiary alicyclic amines) is 2. The number of hydrogen-bond donors (Lipinski definition) is 0. The molecular weight excluding hydrogens is 400 g/mol. The first-order valence-corrected chi connectivity index (χ1v) is 11.1. The Bertz CT molecular complexity index is 857. The van der Waals surface area contributed by atoms with Crippen LogP contribution < -0.4 is 9.47 Å². The number of carbonyl (C=O) groups is 1. The topological polar surface area (TPSA) is 42.0 Å². The second kappa shape index (κ2) is 9.71. The number of carbonyl (C=O) groups excluding carboxylic acids is 1. The molecule has 160 valence electrons. The van der Waals surface area contributed by atoms with Crippen LogP contribution in [0.15, 0.2) is 42.5 Å². The quantitative estimate of drug-likeness (QED) is 0.672. The van der Waals surface area contributed by atoms with Gasteiger partial charge in [0.2, 0.25) is 0 Å². The Balaban J connectivity index is 1.37. The Kier molecular flexibility index (Phi) is 6.80. The molecule has 2 aromatic carbocycles. The molecule has 0 bridgehead atoms. The number of amides is 1. The highest BCUT2D eigenvalue weighted by molar-refractivity contribution is 6.30. The lowest BCUT2D eigenvalue weighted by Gasteiger charge is -2.36. The molecule has 2 aromatic rings. The molecule has 2 aliphatic heterocycles. The number of benzene rings is 2. The van der Waals surface area contributed by atoms with Crippen LogP contribution in [0.4, 0.5) is 0 Å². The van der Waals surface area contributed by atoms with Crippen LogP contribution in [0, 0.1) is 0 Å². The number of hydrogen-bond acceptors (Lipinski definition) is 4. The third kappa shape index (κ3) is 4.90. The third-order valence-corrected chi connectivity index (χ3v) is 6.38. The minimum atomic E-state index is 0.0671. The summed E-state index contributed by atoms with van der Waals surface area (Å²) >= 11 is 5.93. The fourth-order valence-corrected chi connectivity index (χ4v) is 4.51. The second-order valence-corrected chi connectivity index (χ2v) is 8.48. The Hall–Kier alpha value is -2.24. The Labute approximate surface area is 183 Å². The van der Waals surface area contributed by atoms with Crippen molar-refractivity contribution in [3.8, 4) is 11.5 Å². The van der Waals surface area contributed by atoms with Gasteiger partial charge in [-0.15, -0.1) is 0 Å². The van der Waals surface area contributed by atoms with Gasteiger partial charge in [0, 0.05) is 29.7 Å². The van der Waals surface area contributed by atoms with Crippen molar-refractivity contribution in [1.29, 1.82) is 0 Å². The maximum atomic E-state index is 13.0. The Morgan fingerprint density at radius 3 is 2.37 bits per heavy atom. The van der Waals surface area contributed by atoms with E-state index >= 15 is 0 Å². The van der Waals surface area contributed by atoms with Gasteiger partial charge in [-0.2, -0.15) is 0 Å². The van der Waals surface area contributed by atoms with Crippen LogP contribution in [0.5, 0.6) is 11.5 Å². The average molecular weight is 429 g/mol. The minimum Gasteiger partial charge on any atom is -0.493 e. The highest BCUT2D eigenvalue weighted by Crippen LogP contribution is 2.30. The first-order valence-electron chi connectivity index (χ1n) is 10.7. The van der Waals surface area contributed by atoms with E-state index in [2.05, 4.69) is 4.90 Å². The molecule has 0 aromatic heterocycles. The van der Waals surface area contributed by atoms with Crippen molar-refractivity contribution in [2.45, 2.75) is 38.3 Å². The summed E-state index contributed by atoms with van der Waals surface area (Å²) in [7, 11) is 1.60. The van der Waals surface area contributed by atoms with E-state index in [9.17, 15) is 4.79 Å². The summed E-state index contributed by atoms with van der Waals surface area (Å²) in [4.78, 5) is 17.6. The first kappa shape index (κ1) is 21.0. The number of ether oxygens (including phenoxy) is 2. The minimum absolute atomic E-state index is 0.0671. The molecule has 0 unspecified atom stereocenters. The predicted molar refractivity (Wildman–Crippen MR) is 119 cm³/mol. The van der Waals surface area contributed by atoms with Crippen molar-refractivity contribution in [1.82, 2.24) is 9.80 Å². The van der Waals surface area contributed by atoms with E-state index in [0.717, 1.165) is 31.5 Å². The van der Waals surface area contributed by atoms with Crippen LogP contribution in [0.1, 0.15) is 41.6 Å². The molecule has 0 saturated carbocycles. The summed E-state index contributed by atoms with van der Waals surface area (Å²) in [6, 6.07) is 13.6. The largest absolute Gasteiger partial charge is 0.493 e. The van der Waals surface area contributed by atoms with E-state index in [4.69, 9.17) is 21.1 Å². The molecule has 0 spiro atoms. The highest BCUT2D eigenvalue weighted by atomic mass is 35.5. The van der Waals surface area contributed by atoms with Crippen molar-refractivity contribution in [3.05, 3.63) is 58.6 Å². The molecular formula is C24H29ClN2O3. The molecule has 1 amide bonds. The van der Waals surface area contributed by atoms with Gasteiger partial charge in [0.15, 0.2) is 11.5 Å². The summed E-state index contributed by atoms with van der Waals surface area (Å²) in [5.41, 5.74) is 1.66. The zero-order valence-electron chi connectivity index (χ0n) is 17.5.